The number of benzene rings is 1. The molecule has 1 fully saturated rings. The average Bonchev–Trinajstić information content (AvgIpc) is 3.12. The van der Waals surface area contributed by atoms with E-state index in [2.05, 4.69) is 9.62 Å². The van der Waals surface area contributed by atoms with Crippen LogP contribution in [0.15, 0.2) is 39.9 Å². The fourth-order valence-electron chi connectivity index (χ4n) is 3.01. The van der Waals surface area contributed by atoms with Crippen molar-refractivity contribution in [1.29, 1.82) is 0 Å². The van der Waals surface area contributed by atoms with Crippen molar-refractivity contribution in [2.24, 2.45) is 0 Å². The van der Waals surface area contributed by atoms with Crippen molar-refractivity contribution in [3.05, 3.63) is 46.3 Å². The van der Waals surface area contributed by atoms with E-state index in [9.17, 15) is 8.42 Å². The number of rotatable bonds is 6. The maximum atomic E-state index is 12.3. The maximum Gasteiger partial charge on any atom is 0.250 e. The first kappa shape index (κ1) is 18.7. The summed E-state index contributed by atoms with van der Waals surface area (Å²) in [6, 6.07) is 8.97. The van der Waals surface area contributed by atoms with Crippen molar-refractivity contribution in [3.63, 3.8) is 0 Å². The van der Waals surface area contributed by atoms with E-state index in [1.54, 1.807) is 24.6 Å². The van der Waals surface area contributed by atoms with Gasteiger partial charge in [-0.05, 0) is 42.5 Å². The van der Waals surface area contributed by atoms with E-state index in [0.717, 1.165) is 43.8 Å². The smallest absolute Gasteiger partial charge is 0.250 e. The van der Waals surface area contributed by atoms with Crippen molar-refractivity contribution in [2.45, 2.75) is 29.6 Å². The molecule has 0 saturated carbocycles. The molecule has 136 valence electrons. The molecule has 0 radical (unpaired) electrons. The molecule has 25 heavy (non-hydrogen) atoms. The van der Waals surface area contributed by atoms with Gasteiger partial charge in [-0.1, -0.05) is 17.7 Å². The maximum absolute atomic E-state index is 12.3. The van der Waals surface area contributed by atoms with Crippen LogP contribution in [0.5, 0.6) is 5.75 Å². The van der Waals surface area contributed by atoms with Gasteiger partial charge in [0, 0.05) is 36.3 Å². The summed E-state index contributed by atoms with van der Waals surface area (Å²) in [6.07, 6.45) is 1.57. The van der Waals surface area contributed by atoms with Gasteiger partial charge in [-0.25, -0.2) is 13.1 Å². The summed E-state index contributed by atoms with van der Waals surface area (Å²) >= 11 is 7.33. The highest BCUT2D eigenvalue weighted by atomic mass is 35.5. The largest absolute Gasteiger partial charge is 0.496 e. The summed E-state index contributed by atoms with van der Waals surface area (Å²) in [7, 11) is -1.75. The van der Waals surface area contributed by atoms with E-state index < -0.39 is 10.0 Å². The van der Waals surface area contributed by atoms with Crippen LogP contribution in [0.25, 0.3) is 0 Å². The van der Waals surface area contributed by atoms with Crippen LogP contribution in [-0.2, 0) is 16.6 Å². The van der Waals surface area contributed by atoms with Crippen molar-refractivity contribution in [3.8, 4) is 5.75 Å². The Balaban J connectivity index is 1.57. The lowest BCUT2D eigenvalue weighted by Crippen LogP contribution is -2.44. The van der Waals surface area contributed by atoms with Gasteiger partial charge in [0.15, 0.2) is 0 Å². The first-order chi connectivity index (χ1) is 12.0. The molecule has 1 aliphatic rings. The van der Waals surface area contributed by atoms with Gasteiger partial charge in [0.2, 0.25) is 10.0 Å². The Bertz CT molecular complexity index is 801. The topological polar surface area (TPSA) is 58.6 Å². The number of sulfonamides is 1. The Morgan fingerprint density at radius 1 is 1.32 bits per heavy atom. The van der Waals surface area contributed by atoms with E-state index in [0.29, 0.717) is 9.23 Å². The lowest BCUT2D eigenvalue weighted by atomic mass is 10.1. The van der Waals surface area contributed by atoms with Crippen LogP contribution >= 0.6 is 22.9 Å². The van der Waals surface area contributed by atoms with Crippen LogP contribution in [0.3, 0.4) is 0 Å². The Morgan fingerprint density at radius 2 is 2.08 bits per heavy atom. The monoisotopic (exact) mass is 400 g/mol. The molecule has 0 atom stereocenters. The van der Waals surface area contributed by atoms with Crippen LogP contribution in [0.4, 0.5) is 0 Å². The minimum atomic E-state index is -3.40. The highest BCUT2D eigenvalue weighted by Gasteiger charge is 2.25. The minimum Gasteiger partial charge on any atom is -0.496 e. The van der Waals surface area contributed by atoms with E-state index in [1.165, 1.54) is 11.3 Å². The zero-order valence-electron chi connectivity index (χ0n) is 13.9. The lowest BCUT2D eigenvalue weighted by molar-refractivity contribution is 0.198. The standard InChI is InChI=1S/C17H21ClN2O3S2/c1-23-16-5-4-14(18)11-13(16)12-20-8-6-15(7-9-20)19-25(21,22)17-3-2-10-24-17/h2-5,10-11,15,19H,6-9,12H2,1H3. The number of ether oxygens (including phenoxy) is 1. The van der Waals surface area contributed by atoms with E-state index in [1.807, 2.05) is 18.2 Å². The highest BCUT2D eigenvalue weighted by molar-refractivity contribution is 7.91. The molecule has 0 bridgehead atoms. The van der Waals surface area contributed by atoms with Crippen molar-refractivity contribution < 1.29 is 13.2 Å². The summed E-state index contributed by atoms with van der Waals surface area (Å²) in [6.45, 7) is 2.40. The molecular weight excluding hydrogens is 380 g/mol. The van der Waals surface area contributed by atoms with Gasteiger partial charge in [-0.15, -0.1) is 11.3 Å². The van der Waals surface area contributed by atoms with Gasteiger partial charge in [0.05, 0.1) is 7.11 Å². The molecule has 0 unspecified atom stereocenters. The quantitative estimate of drug-likeness (QED) is 0.807. The second kappa shape index (κ2) is 8.05. The third kappa shape index (κ3) is 4.74. The van der Waals surface area contributed by atoms with Gasteiger partial charge in [-0.3, -0.25) is 4.90 Å². The number of nitrogens with zero attached hydrogens (tertiary/aromatic N) is 1. The van der Waals surface area contributed by atoms with Gasteiger partial charge in [-0.2, -0.15) is 0 Å². The van der Waals surface area contributed by atoms with Gasteiger partial charge in [0.25, 0.3) is 0 Å². The SMILES string of the molecule is COc1ccc(Cl)cc1CN1CCC(NS(=O)(=O)c2cccs2)CC1. The number of nitrogens with one attached hydrogen (secondary N) is 1. The summed E-state index contributed by atoms with van der Waals surface area (Å²) in [5, 5.41) is 2.46. The first-order valence-corrected chi connectivity index (χ1v) is 10.8. The number of likely N-dealkylation sites (tertiary alicyclic amines) is 1. The number of halogens is 1. The second-order valence-corrected chi connectivity index (χ2v) is 9.38. The molecule has 1 aliphatic heterocycles. The Hall–Kier alpha value is -1.12. The van der Waals surface area contributed by atoms with E-state index >= 15 is 0 Å². The Kier molecular flexibility index (Phi) is 6.01. The lowest BCUT2D eigenvalue weighted by Gasteiger charge is -2.32. The van der Waals surface area contributed by atoms with Crippen LogP contribution in [-0.4, -0.2) is 39.6 Å². The molecule has 5 nitrogen and oxygen atoms in total. The van der Waals surface area contributed by atoms with Crippen LogP contribution < -0.4 is 9.46 Å². The molecule has 0 aliphatic carbocycles. The third-order valence-corrected chi connectivity index (χ3v) is 7.46. The summed E-state index contributed by atoms with van der Waals surface area (Å²) in [5.74, 6) is 0.824. The molecule has 2 heterocycles. The van der Waals surface area contributed by atoms with Crippen molar-refractivity contribution in [2.75, 3.05) is 20.2 Å². The van der Waals surface area contributed by atoms with Crippen molar-refractivity contribution in [1.82, 2.24) is 9.62 Å². The number of hydrogen-bond acceptors (Lipinski definition) is 5. The number of piperidine rings is 1. The van der Waals surface area contributed by atoms with Crippen LogP contribution in [0.1, 0.15) is 18.4 Å². The average molecular weight is 401 g/mol. The minimum absolute atomic E-state index is 0.0235. The fraction of sp³-hybridized carbons (Fsp3) is 0.412. The molecule has 3 rings (SSSR count). The Labute approximate surface area is 157 Å². The number of methoxy groups -OCH3 is 1. The highest BCUT2D eigenvalue weighted by Crippen LogP contribution is 2.25. The summed E-state index contributed by atoms with van der Waals surface area (Å²) in [4.78, 5) is 2.30. The third-order valence-electron chi connectivity index (χ3n) is 4.31. The zero-order chi connectivity index (χ0) is 17.9. The molecule has 0 spiro atoms. The predicted octanol–water partition coefficient (Wildman–Crippen LogP) is 3.35. The van der Waals surface area contributed by atoms with Crippen LogP contribution in [0, 0.1) is 0 Å². The number of hydrogen-bond donors (Lipinski definition) is 1. The predicted molar refractivity (Wildman–Crippen MR) is 101 cm³/mol. The summed E-state index contributed by atoms with van der Waals surface area (Å²) in [5.41, 5.74) is 1.05. The molecule has 1 saturated heterocycles. The number of thiophene rings is 1. The molecule has 0 amide bonds. The van der Waals surface area contributed by atoms with Gasteiger partial charge < -0.3 is 4.74 Å². The van der Waals surface area contributed by atoms with Gasteiger partial charge >= 0.3 is 0 Å². The van der Waals surface area contributed by atoms with Crippen molar-refractivity contribution >= 4 is 33.0 Å². The van der Waals surface area contributed by atoms with Crippen LogP contribution in [0.2, 0.25) is 5.02 Å². The van der Waals surface area contributed by atoms with E-state index in [-0.39, 0.29) is 6.04 Å². The fourth-order valence-corrected chi connectivity index (χ4v) is 5.52. The molecule has 1 aromatic carbocycles. The molecule has 1 aromatic heterocycles. The first-order valence-electron chi connectivity index (χ1n) is 8.08. The molecule has 1 N–H and O–H groups in total. The molecular formula is C17H21ClN2O3S2. The molecule has 8 heteroatoms. The second-order valence-electron chi connectivity index (χ2n) is 6.06. The zero-order valence-corrected chi connectivity index (χ0v) is 16.3. The van der Waals surface area contributed by atoms with E-state index in [4.69, 9.17) is 16.3 Å². The van der Waals surface area contributed by atoms with Gasteiger partial charge in [0.1, 0.15) is 9.96 Å². The molecule has 2 aromatic rings. The summed E-state index contributed by atoms with van der Waals surface area (Å²) < 4.78 is 33.2. The normalized spacial score (nSPS) is 16.9. The Morgan fingerprint density at radius 3 is 2.72 bits per heavy atom.